The largest absolute Gasteiger partial charge is 0.354 e. The molecule has 5 nitrogen and oxygen atoms in total. The second-order valence-corrected chi connectivity index (χ2v) is 8.22. The average molecular weight is 446 g/mol. The van der Waals surface area contributed by atoms with Crippen molar-refractivity contribution < 1.29 is 4.39 Å². The molecule has 6 heteroatoms. The van der Waals surface area contributed by atoms with Crippen LogP contribution in [0.5, 0.6) is 0 Å². The summed E-state index contributed by atoms with van der Waals surface area (Å²) in [6.07, 6.45) is 5.09. The fourth-order valence-corrected chi connectivity index (χ4v) is 4.51. The fraction of sp³-hybridized carbons (Fsp3) is 0.0357. The number of fused-ring (bicyclic) bond motifs is 2. The van der Waals surface area contributed by atoms with Crippen molar-refractivity contribution in [1.29, 1.82) is 0 Å². The molecule has 0 amide bonds. The van der Waals surface area contributed by atoms with E-state index < -0.39 is 5.82 Å². The van der Waals surface area contributed by atoms with Gasteiger partial charge in [0.05, 0.1) is 16.6 Å². The Bertz CT molecular complexity index is 1750. The van der Waals surface area contributed by atoms with Crippen molar-refractivity contribution in [2.75, 3.05) is 0 Å². The van der Waals surface area contributed by atoms with Crippen LogP contribution in [0.15, 0.2) is 96.3 Å². The lowest BCUT2D eigenvalue weighted by molar-refractivity contribution is 0.629. The highest BCUT2D eigenvalue weighted by Crippen LogP contribution is 2.35. The van der Waals surface area contributed by atoms with Gasteiger partial charge in [-0.25, -0.2) is 9.37 Å². The summed E-state index contributed by atoms with van der Waals surface area (Å²) in [5, 5.41) is 1.33. The van der Waals surface area contributed by atoms with Gasteiger partial charge in [-0.3, -0.25) is 14.3 Å². The summed E-state index contributed by atoms with van der Waals surface area (Å²) < 4.78 is 15.3. The average Bonchev–Trinajstić information content (AvgIpc) is 3.31. The zero-order valence-electron chi connectivity index (χ0n) is 18.3. The summed E-state index contributed by atoms with van der Waals surface area (Å²) in [7, 11) is 0. The number of nitrogens with zero attached hydrogens (tertiary/aromatic N) is 3. The molecule has 1 N–H and O–H groups in total. The molecule has 0 bridgehead atoms. The van der Waals surface area contributed by atoms with Crippen molar-refractivity contribution in [2.45, 2.75) is 6.92 Å². The van der Waals surface area contributed by atoms with Gasteiger partial charge in [0.1, 0.15) is 12.1 Å². The third-order valence-corrected chi connectivity index (χ3v) is 6.21. The van der Waals surface area contributed by atoms with Gasteiger partial charge in [-0.05, 0) is 72.1 Å². The van der Waals surface area contributed by atoms with Crippen molar-refractivity contribution in [2.24, 2.45) is 0 Å². The smallest absolute Gasteiger partial charge is 0.265 e. The second-order valence-electron chi connectivity index (χ2n) is 8.22. The molecule has 34 heavy (non-hydrogen) atoms. The van der Waals surface area contributed by atoms with Crippen LogP contribution in [0.1, 0.15) is 5.56 Å². The van der Waals surface area contributed by atoms with E-state index in [2.05, 4.69) is 27.1 Å². The van der Waals surface area contributed by atoms with Crippen LogP contribution < -0.4 is 5.56 Å². The number of halogens is 1. The SMILES string of the molecule is Cc1c(-c2cccc3[nH]c(-c4cccnc4)cc23)cccc1-n1cnc2ccc(F)cc2c1=O. The minimum absolute atomic E-state index is 0.251. The monoisotopic (exact) mass is 446 g/mol. The molecule has 0 unspecified atom stereocenters. The molecule has 3 aromatic carbocycles. The molecule has 164 valence electrons. The molecule has 6 aromatic rings. The van der Waals surface area contributed by atoms with Gasteiger partial charge in [-0.15, -0.1) is 0 Å². The molecule has 3 heterocycles. The van der Waals surface area contributed by atoms with Gasteiger partial charge in [0, 0.05) is 34.6 Å². The molecule has 0 aliphatic rings. The van der Waals surface area contributed by atoms with E-state index in [1.807, 2.05) is 55.6 Å². The molecule has 0 saturated heterocycles. The van der Waals surface area contributed by atoms with E-state index in [1.54, 1.807) is 6.20 Å². The summed E-state index contributed by atoms with van der Waals surface area (Å²) in [4.78, 5) is 25.3. The molecule has 3 aromatic heterocycles. The van der Waals surface area contributed by atoms with E-state index >= 15 is 0 Å². The first-order valence-corrected chi connectivity index (χ1v) is 10.9. The van der Waals surface area contributed by atoms with Crippen LogP contribution in [-0.4, -0.2) is 19.5 Å². The molecule has 0 saturated carbocycles. The maximum Gasteiger partial charge on any atom is 0.265 e. The quantitative estimate of drug-likeness (QED) is 0.360. The molecule has 6 rings (SSSR count). The Kier molecular flexibility index (Phi) is 4.59. The van der Waals surface area contributed by atoms with E-state index in [-0.39, 0.29) is 10.9 Å². The number of aromatic amines is 1. The van der Waals surface area contributed by atoms with E-state index in [9.17, 15) is 9.18 Å². The summed E-state index contributed by atoms with van der Waals surface area (Å²) >= 11 is 0. The fourth-order valence-electron chi connectivity index (χ4n) is 4.51. The number of hydrogen-bond donors (Lipinski definition) is 1. The third-order valence-electron chi connectivity index (χ3n) is 6.21. The minimum atomic E-state index is -0.460. The lowest BCUT2D eigenvalue weighted by Crippen LogP contribution is -2.20. The number of hydrogen-bond acceptors (Lipinski definition) is 3. The Labute approximate surface area is 194 Å². The molecular formula is C28H19FN4O. The summed E-state index contributed by atoms with van der Waals surface area (Å²) in [6, 6.07) is 22.1. The Balaban J connectivity index is 1.54. The number of aromatic nitrogens is 4. The number of nitrogens with one attached hydrogen (secondary N) is 1. The first kappa shape index (κ1) is 20.1. The van der Waals surface area contributed by atoms with Crippen LogP contribution in [0.25, 0.3) is 49.9 Å². The molecule has 0 fully saturated rings. The van der Waals surface area contributed by atoms with Crippen LogP contribution >= 0.6 is 0 Å². The zero-order chi connectivity index (χ0) is 23.2. The Morgan fingerprint density at radius 1 is 0.912 bits per heavy atom. The van der Waals surface area contributed by atoms with Crippen LogP contribution in [-0.2, 0) is 0 Å². The number of rotatable bonds is 3. The summed E-state index contributed by atoms with van der Waals surface area (Å²) in [5.41, 5.74) is 6.88. The second kappa shape index (κ2) is 7.78. The van der Waals surface area contributed by atoms with Gasteiger partial charge in [0.15, 0.2) is 0 Å². The van der Waals surface area contributed by atoms with E-state index in [0.717, 1.165) is 38.9 Å². The number of benzene rings is 3. The van der Waals surface area contributed by atoms with Gasteiger partial charge in [-0.2, -0.15) is 0 Å². The van der Waals surface area contributed by atoms with Gasteiger partial charge in [0.25, 0.3) is 5.56 Å². The minimum Gasteiger partial charge on any atom is -0.354 e. The van der Waals surface area contributed by atoms with Crippen molar-refractivity contribution in [3.63, 3.8) is 0 Å². The van der Waals surface area contributed by atoms with E-state index in [1.165, 1.54) is 29.1 Å². The first-order valence-electron chi connectivity index (χ1n) is 10.9. The summed E-state index contributed by atoms with van der Waals surface area (Å²) in [5.74, 6) is -0.460. The highest BCUT2D eigenvalue weighted by molar-refractivity contribution is 5.99. The van der Waals surface area contributed by atoms with Crippen LogP contribution in [0.2, 0.25) is 0 Å². The molecule has 0 spiro atoms. The standard InChI is InChI=1S/C28H19FN4O/c1-17-20(21-7-2-8-25-22(21)14-26(32-25)18-5-4-12-30-15-18)6-3-9-27(17)33-16-31-24-11-10-19(29)13-23(24)28(33)34/h2-16,32H,1H3. The van der Waals surface area contributed by atoms with Crippen LogP contribution in [0.3, 0.4) is 0 Å². The highest BCUT2D eigenvalue weighted by atomic mass is 19.1. The number of H-pyrrole nitrogens is 1. The number of pyridine rings is 1. The molecule has 0 aliphatic carbocycles. The van der Waals surface area contributed by atoms with Crippen LogP contribution in [0.4, 0.5) is 4.39 Å². The normalized spacial score (nSPS) is 11.4. The molecular weight excluding hydrogens is 427 g/mol. The zero-order valence-corrected chi connectivity index (χ0v) is 18.3. The molecule has 0 atom stereocenters. The first-order chi connectivity index (χ1) is 16.6. The van der Waals surface area contributed by atoms with Gasteiger partial charge in [-0.1, -0.05) is 24.3 Å². The highest BCUT2D eigenvalue weighted by Gasteiger charge is 2.15. The van der Waals surface area contributed by atoms with Crippen molar-refractivity contribution in [1.82, 2.24) is 19.5 Å². The maximum atomic E-state index is 13.8. The van der Waals surface area contributed by atoms with Crippen molar-refractivity contribution in [3.05, 3.63) is 113 Å². The molecule has 0 aliphatic heterocycles. The lowest BCUT2D eigenvalue weighted by atomic mass is 9.96. The topological polar surface area (TPSA) is 63.6 Å². The Morgan fingerprint density at radius 3 is 2.62 bits per heavy atom. The van der Waals surface area contributed by atoms with Crippen molar-refractivity contribution in [3.8, 4) is 28.1 Å². The van der Waals surface area contributed by atoms with E-state index in [4.69, 9.17) is 0 Å². The van der Waals surface area contributed by atoms with Gasteiger partial charge < -0.3 is 4.98 Å². The molecule has 0 radical (unpaired) electrons. The maximum absolute atomic E-state index is 13.8. The summed E-state index contributed by atoms with van der Waals surface area (Å²) in [6.45, 7) is 1.99. The Morgan fingerprint density at radius 2 is 1.76 bits per heavy atom. The predicted molar refractivity (Wildman–Crippen MR) is 133 cm³/mol. The lowest BCUT2D eigenvalue weighted by Gasteiger charge is -2.14. The van der Waals surface area contributed by atoms with E-state index in [0.29, 0.717) is 11.2 Å². The van der Waals surface area contributed by atoms with Crippen molar-refractivity contribution >= 4 is 21.8 Å². The van der Waals surface area contributed by atoms with Crippen LogP contribution in [0, 0.1) is 12.7 Å². The third kappa shape index (κ3) is 3.19. The predicted octanol–water partition coefficient (Wildman–Crippen LogP) is 6.04. The van der Waals surface area contributed by atoms with Gasteiger partial charge >= 0.3 is 0 Å². The van der Waals surface area contributed by atoms with Gasteiger partial charge in [0.2, 0.25) is 0 Å². The Hall–Kier alpha value is -4.58.